The van der Waals surface area contributed by atoms with Crippen molar-refractivity contribution in [1.29, 1.82) is 0 Å². The molecule has 0 aromatic heterocycles. The maximum Gasteiger partial charge on any atom is 0.407 e. The van der Waals surface area contributed by atoms with Crippen molar-refractivity contribution >= 4 is 18.0 Å². The van der Waals surface area contributed by atoms with Gasteiger partial charge in [-0.15, -0.1) is 0 Å². The molecule has 4 N–H and O–H groups in total. The van der Waals surface area contributed by atoms with Crippen LogP contribution in [0.15, 0.2) is 48.5 Å². The fourth-order valence-electron chi connectivity index (χ4n) is 3.95. The van der Waals surface area contributed by atoms with Crippen molar-refractivity contribution in [2.75, 3.05) is 13.2 Å². The number of aliphatic carboxylic acids is 1. The molecule has 8 heteroatoms. The summed E-state index contributed by atoms with van der Waals surface area (Å²) in [6, 6.07) is 13.7. The van der Waals surface area contributed by atoms with Gasteiger partial charge in [0.15, 0.2) is 0 Å². The molecule has 32 heavy (non-hydrogen) atoms. The zero-order chi connectivity index (χ0) is 23.3. The summed E-state index contributed by atoms with van der Waals surface area (Å²) in [5, 5.41) is 23.1. The molecule has 3 rings (SSSR count). The molecule has 170 valence electrons. The first kappa shape index (κ1) is 23.3. The highest BCUT2D eigenvalue weighted by Crippen LogP contribution is 2.44. The number of nitrogens with one attached hydrogen (secondary N) is 2. The first-order valence-corrected chi connectivity index (χ1v) is 10.6. The number of hydrogen-bond acceptors (Lipinski definition) is 5. The van der Waals surface area contributed by atoms with E-state index < -0.39 is 30.1 Å². The van der Waals surface area contributed by atoms with Gasteiger partial charge in [0.05, 0.1) is 0 Å². The lowest BCUT2D eigenvalue weighted by molar-refractivity contribution is -0.142. The Morgan fingerprint density at radius 1 is 0.969 bits per heavy atom. The van der Waals surface area contributed by atoms with E-state index in [0.29, 0.717) is 0 Å². The summed E-state index contributed by atoms with van der Waals surface area (Å²) in [4.78, 5) is 36.3. The number of fused-ring (bicyclic) bond motifs is 3. The third-order valence-electron chi connectivity index (χ3n) is 5.60. The van der Waals surface area contributed by atoms with E-state index in [1.165, 1.54) is 0 Å². The average molecular weight is 440 g/mol. The number of rotatable bonds is 9. The van der Waals surface area contributed by atoms with Crippen LogP contribution in [0, 0.1) is 5.92 Å². The molecule has 2 atom stereocenters. The SMILES string of the molecule is CC(C)C(NC(=O)OCC1c2ccccc2-c2ccccc21)C(=O)NC(CCO)C(=O)O. The zero-order valence-corrected chi connectivity index (χ0v) is 18.1. The predicted octanol–water partition coefficient (Wildman–Crippen LogP) is 2.50. The van der Waals surface area contributed by atoms with Crippen molar-refractivity contribution in [2.24, 2.45) is 5.92 Å². The number of hydrogen-bond donors (Lipinski definition) is 4. The highest BCUT2D eigenvalue weighted by atomic mass is 16.5. The fraction of sp³-hybridized carbons (Fsp3) is 0.375. The van der Waals surface area contributed by atoms with Crippen LogP contribution in [0.4, 0.5) is 4.79 Å². The summed E-state index contributed by atoms with van der Waals surface area (Å²) in [5.74, 6) is -2.31. The molecule has 0 fully saturated rings. The second-order valence-electron chi connectivity index (χ2n) is 8.10. The van der Waals surface area contributed by atoms with Crippen molar-refractivity contribution in [3.05, 3.63) is 59.7 Å². The summed E-state index contributed by atoms with van der Waals surface area (Å²) in [5.41, 5.74) is 4.38. The number of carboxylic acid groups (broad SMARTS) is 1. The van der Waals surface area contributed by atoms with E-state index in [-0.39, 0.29) is 31.5 Å². The maximum atomic E-state index is 12.6. The molecule has 0 aliphatic heterocycles. The van der Waals surface area contributed by atoms with E-state index >= 15 is 0 Å². The molecule has 0 saturated heterocycles. The average Bonchev–Trinajstić information content (AvgIpc) is 3.09. The molecule has 0 bridgehead atoms. The largest absolute Gasteiger partial charge is 0.480 e. The van der Waals surface area contributed by atoms with Crippen molar-refractivity contribution in [3.8, 4) is 11.1 Å². The van der Waals surface area contributed by atoms with Crippen molar-refractivity contribution < 1.29 is 29.3 Å². The van der Waals surface area contributed by atoms with Gasteiger partial charge < -0.3 is 25.6 Å². The Hall–Kier alpha value is -3.39. The Morgan fingerprint density at radius 3 is 2.03 bits per heavy atom. The van der Waals surface area contributed by atoms with E-state index in [2.05, 4.69) is 10.6 Å². The van der Waals surface area contributed by atoms with Crippen molar-refractivity contribution in [1.82, 2.24) is 10.6 Å². The Kier molecular flexibility index (Phi) is 7.48. The first-order valence-electron chi connectivity index (χ1n) is 10.6. The van der Waals surface area contributed by atoms with Gasteiger partial charge in [0, 0.05) is 18.9 Å². The maximum absolute atomic E-state index is 12.6. The summed E-state index contributed by atoms with van der Waals surface area (Å²) < 4.78 is 5.48. The molecule has 1 aliphatic carbocycles. The molecule has 0 saturated carbocycles. The van der Waals surface area contributed by atoms with Crippen LogP contribution >= 0.6 is 0 Å². The quantitative estimate of drug-likeness (QED) is 0.475. The monoisotopic (exact) mass is 440 g/mol. The number of benzene rings is 2. The summed E-state index contributed by atoms with van der Waals surface area (Å²) >= 11 is 0. The number of alkyl carbamates (subject to hydrolysis) is 1. The van der Waals surface area contributed by atoms with Crippen LogP contribution in [0.3, 0.4) is 0 Å². The smallest absolute Gasteiger partial charge is 0.407 e. The molecule has 2 amide bonds. The van der Waals surface area contributed by atoms with Crippen molar-refractivity contribution in [2.45, 2.75) is 38.3 Å². The van der Waals surface area contributed by atoms with E-state index in [4.69, 9.17) is 9.84 Å². The van der Waals surface area contributed by atoms with Gasteiger partial charge in [-0.1, -0.05) is 62.4 Å². The zero-order valence-electron chi connectivity index (χ0n) is 18.1. The predicted molar refractivity (Wildman–Crippen MR) is 118 cm³/mol. The van der Waals surface area contributed by atoms with Gasteiger partial charge in [0.2, 0.25) is 5.91 Å². The number of aliphatic hydroxyl groups is 1. The molecule has 2 aromatic carbocycles. The normalized spacial score (nSPS) is 14.2. The Bertz CT molecular complexity index is 944. The molecule has 2 aromatic rings. The Balaban J connectivity index is 1.65. The van der Waals surface area contributed by atoms with Crippen LogP contribution in [-0.2, 0) is 14.3 Å². The topological polar surface area (TPSA) is 125 Å². The number of aliphatic hydroxyl groups excluding tert-OH is 1. The van der Waals surface area contributed by atoms with Gasteiger partial charge in [0.25, 0.3) is 0 Å². The van der Waals surface area contributed by atoms with Crippen LogP contribution < -0.4 is 10.6 Å². The lowest BCUT2D eigenvalue weighted by atomic mass is 9.98. The standard InChI is InChI=1S/C24H28N2O6/c1-14(2)21(22(28)25-20(11-12-27)23(29)30)26-24(31)32-13-19-17-9-5-3-7-15(17)16-8-4-6-10-18(16)19/h3-10,14,19-21,27H,11-13H2,1-2H3,(H,25,28)(H,26,31)(H,29,30). The van der Waals surface area contributed by atoms with Gasteiger partial charge in [-0.2, -0.15) is 0 Å². The van der Waals surface area contributed by atoms with Crippen LogP contribution in [0.1, 0.15) is 37.3 Å². The van der Waals surface area contributed by atoms with Gasteiger partial charge in [0.1, 0.15) is 18.7 Å². The number of carbonyl (C=O) groups excluding carboxylic acids is 2. The molecule has 0 spiro atoms. The van der Waals surface area contributed by atoms with Crippen LogP contribution in [0.2, 0.25) is 0 Å². The van der Waals surface area contributed by atoms with Crippen molar-refractivity contribution in [3.63, 3.8) is 0 Å². The van der Waals surface area contributed by atoms with Gasteiger partial charge in [-0.25, -0.2) is 9.59 Å². The number of amides is 2. The lowest BCUT2D eigenvalue weighted by Gasteiger charge is -2.24. The molecule has 8 nitrogen and oxygen atoms in total. The van der Waals surface area contributed by atoms with E-state index in [1.807, 2.05) is 48.5 Å². The molecule has 0 radical (unpaired) electrons. The first-order chi connectivity index (χ1) is 15.3. The third-order valence-corrected chi connectivity index (χ3v) is 5.60. The fourth-order valence-corrected chi connectivity index (χ4v) is 3.95. The molecule has 2 unspecified atom stereocenters. The van der Waals surface area contributed by atoms with Gasteiger partial charge in [-0.3, -0.25) is 4.79 Å². The number of carboxylic acids is 1. The Labute approximate surface area is 186 Å². The van der Waals surface area contributed by atoms with E-state index in [9.17, 15) is 19.5 Å². The lowest BCUT2D eigenvalue weighted by Crippen LogP contribution is -2.54. The van der Waals surface area contributed by atoms with E-state index in [1.54, 1.807) is 13.8 Å². The molecule has 0 heterocycles. The minimum Gasteiger partial charge on any atom is -0.480 e. The minimum atomic E-state index is -1.25. The highest BCUT2D eigenvalue weighted by molar-refractivity contribution is 5.89. The van der Waals surface area contributed by atoms with Gasteiger partial charge in [-0.05, 0) is 28.2 Å². The van der Waals surface area contributed by atoms with Gasteiger partial charge >= 0.3 is 12.1 Å². The number of ether oxygens (including phenoxy) is 1. The van der Waals surface area contributed by atoms with Crippen LogP contribution in [0.25, 0.3) is 11.1 Å². The molecular formula is C24H28N2O6. The summed E-state index contributed by atoms with van der Waals surface area (Å²) in [6.07, 6.45) is -0.883. The third kappa shape index (κ3) is 5.08. The van der Waals surface area contributed by atoms with Crippen LogP contribution in [-0.4, -0.2) is 53.5 Å². The van der Waals surface area contributed by atoms with Crippen LogP contribution in [0.5, 0.6) is 0 Å². The second-order valence-corrected chi connectivity index (χ2v) is 8.10. The highest BCUT2D eigenvalue weighted by Gasteiger charge is 2.31. The second kappa shape index (κ2) is 10.3. The summed E-state index contributed by atoms with van der Waals surface area (Å²) in [7, 11) is 0. The number of carbonyl (C=O) groups is 3. The summed E-state index contributed by atoms with van der Waals surface area (Å²) in [6.45, 7) is 3.18. The Morgan fingerprint density at radius 2 is 1.53 bits per heavy atom. The minimum absolute atomic E-state index is 0.106. The van der Waals surface area contributed by atoms with E-state index in [0.717, 1.165) is 22.3 Å². The molecule has 1 aliphatic rings. The molecular weight excluding hydrogens is 412 g/mol.